The number of hydrogen-bond donors (Lipinski definition) is 7. The predicted molar refractivity (Wildman–Crippen MR) is 130 cm³/mol. The Morgan fingerprint density at radius 2 is 1.49 bits per heavy atom. The number of carboxylic acid groups (broad SMARTS) is 1. The van der Waals surface area contributed by atoms with Crippen molar-refractivity contribution in [2.45, 2.75) is 49.9 Å². The van der Waals surface area contributed by atoms with E-state index in [1.807, 2.05) is 6.26 Å². The second-order valence-electron chi connectivity index (χ2n) is 7.79. The summed E-state index contributed by atoms with van der Waals surface area (Å²) in [6.45, 7) is -0.608. The maximum absolute atomic E-state index is 13.0. The molecular formula is C22H33N5O7S. The highest BCUT2D eigenvalue weighted by Crippen LogP contribution is 2.08. The quantitative estimate of drug-likeness (QED) is 0.132. The second-order valence-corrected chi connectivity index (χ2v) is 8.77. The van der Waals surface area contributed by atoms with E-state index in [0.717, 1.165) is 0 Å². The lowest BCUT2D eigenvalue weighted by atomic mass is 10.0. The molecule has 12 nitrogen and oxygen atoms in total. The van der Waals surface area contributed by atoms with Gasteiger partial charge in [0, 0.05) is 12.8 Å². The van der Waals surface area contributed by atoms with Gasteiger partial charge in [0.05, 0.1) is 6.61 Å². The summed E-state index contributed by atoms with van der Waals surface area (Å²) in [5.74, 6) is -3.73. The number of amides is 4. The average molecular weight is 512 g/mol. The molecule has 1 rings (SSSR count). The molecule has 0 saturated carbocycles. The Kier molecular flexibility index (Phi) is 13.4. The van der Waals surface area contributed by atoms with Gasteiger partial charge in [-0.15, -0.1) is 0 Å². The van der Waals surface area contributed by atoms with E-state index < -0.39 is 60.4 Å². The number of carboxylic acids is 1. The van der Waals surface area contributed by atoms with E-state index in [2.05, 4.69) is 16.0 Å². The third-order valence-electron chi connectivity index (χ3n) is 4.99. The number of hydrogen-bond acceptors (Lipinski definition) is 8. The van der Waals surface area contributed by atoms with Crippen molar-refractivity contribution in [1.82, 2.24) is 16.0 Å². The molecule has 0 saturated heterocycles. The minimum absolute atomic E-state index is 0.0416. The van der Waals surface area contributed by atoms with E-state index in [1.165, 1.54) is 11.8 Å². The van der Waals surface area contributed by atoms with Crippen LogP contribution in [-0.2, 0) is 30.4 Å². The molecule has 194 valence electrons. The van der Waals surface area contributed by atoms with Gasteiger partial charge in [-0.2, -0.15) is 11.8 Å². The number of thioether (sulfide) groups is 1. The lowest BCUT2D eigenvalue weighted by Crippen LogP contribution is -2.58. The van der Waals surface area contributed by atoms with Gasteiger partial charge in [0.15, 0.2) is 0 Å². The van der Waals surface area contributed by atoms with Crippen LogP contribution in [0, 0.1) is 0 Å². The molecule has 1 aromatic rings. The first kappa shape index (κ1) is 29.9. The van der Waals surface area contributed by atoms with Gasteiger partial charge in [-0.3, -0.25) is 19.2 Å². The minimum Gasteiger partial charge on any atom is -0.480 e. The molecule has 0 bridgehead atoms. The summed E-state index contributed by atoms with van der Waals surface area (Å²) >= 11 is 1.44. The van der Waals surface area contributed by atoms with Crippen molar-refractivity contribution in [3.63, 3.8) is 0 Å². The SMILES string of the molecule is CSCCC(NC(=O)C(N)CO)C(=O)NC(Cc1ccccc1)C(=O)NC(CCC(N)=O)C(=O)O. The highest BCUT2D eigenvalue weighted by Gasteiger charge is 2.30. The standard InChI is InChI=1S/C22H33N5O7S/c1-35-10-9-15(25-19(30)14(23)12-28)20(31)27-17(11-13-5-3-2-4-6-13)21(32)26-16(22(33)34)7-8-18(24)29/h2-6,14-17,28H,7-12,23H2,1H3,(H2,24,29)(H,25,30)(H,26,32)(H,27,31)(H,33,34). The average Bonchev–Trinajstić information content (AvgIpc) is 2.83. The van der Waals surface area contributed by atoms with E-state index in [-0.39, 0.29) is 25.7 Å². The number of aliphatic hydroxyl groups is 1. The second kappa shape index (κ2) is 15.7. The fraction of sp³-hybridized carbons (Fsp3) is 0.500. The van der Waals surface area contributed by atoms with Gasteiger partial charge in [-0.1, -0.05) is 30.3 Å². The third-order valence-corrected chi connectivity index (χ3v) is 5.63. The Morgan fingerprint density at radius 1 is 0.914 bits per heavy atom. The number of rotatable bonds is 16. The van der Waals surface area contributed by atoms with Gasteiger partial charge in [-0.25, -0.2) is 4.79 Å². The molecule has 9 N–H and O–H groups in total. The van der Waals surface area contributed by atoms with Crippen LogP contribution in [0.1, 0.15) is 24.8 Å². The zero-order valence-electron chi connectivity index (χ0n) is 19.4. The molecular weight excluding hydrogens is 478 g/mol. The first-order valence-electron chi connectivity index (χ1n) is 10.9. The van der Waals surface area contributed by atoms with Gasteiger partial charge >= 0.3 is 5.97 Å². The fourth-order valence-electron chi connectivity index (χ4n) is 3.01. The Labute approximate surface area is 207 Å². The number of benzene rings is 1. The predicted octanol–water partition coefficient (Wildman–Crippen LogP) is -1.89. The van der Waals surface area contributed by atoms with Crippen molar-refractivity contribution in [3.8, 4) is 0 Å². The van der Waals surface area contributed by atoms with Crippen molar-refractivity contribution in [3.05, 3.63) is 35.9 Å². The van der Waals surface area contributed by atoms with Crippen LogP contribution in [0.4, 0.5) is 0 Å². The molecule has 0 aliphatic carbocycles. The van der Waals surface area contributed by atoms with Gasteiger partial charge in [0.1, 0.15) is 24.2 Å². The van der Waals surface area contributed by atoms with E-state index in [9.17, 15) is 29.1 Å². The van der Waals surface area contributed by atoms with Crippen LogP contribution in [0.2, 0.25) is 0 Å². The molecule has 4 unspecified atom stereocenters. The number of aliphatic carboxylic acids is 1. The zero-order valence-corrected chi connectivity index (χ0v) is 20.3. The van der Waals surface area contributed by atoms with Crippen LogP contribution < -0.4 is 27.4 Å². The summed E-state index contributed by atoms with van der Waals surface area (Å²) in [6, 6.07) is 3.92. The van der Waals surface area contributed by atoms with Gasteiger partial charge < -0.3 is 37.6 Å². The molecule has 0 aliphatic heterocycles. The van der Waals surface area contributed by atoms with Crippen molar-refractivity contribution in [1.29, 1.82) is 0 Å². The number of nitrogens with two attached hydrogens (primary N) is 2. The van der Waals surface area contributed by atoms with Crippen LogP contribution in [0.5, 0.6) is 0 Å². The van der Waals surface area contributed by atoms with Crippen LogP contribution in [0.3, 0.4) is 0 Å². The molecule has 0 fully saturated rings. The monoisotopic (exact) mass is 511 g/mol. The fourth-order valence-corrected chi connectivity index (χ4v) is 3.49. The molecule has 0 radical (unpaired) electrons. The lowest BCUT2D eigenvalue weighted by Gasteiger charge is -2.25. The van der Waals surface area contributed by atoms with Crippen molar-refractivity contribution >= 4 is 41.4 Å². The van der Waals surface area contributed by atoms with E-state index >= 15 is 0 Å². The normalized spacial score (nSPS) is 14.1. The Hall–Kier alpha value is -3.16. The molecule has 0 aromatic heterocycles. The molecule has 0 heterocycles. The zero-order chi connectivity index (χ0) is 26.4. The Balaban J connectivity index is 3.08. The van der Waals surface area contributed by atoms with E-state index in [4.69, 9.17) is 16.6 Å². The number of carbonyl (C=O) groups is 5. The molecule has 0 spiro atoms. The Morgan fingerprint density at radius 3 is 2.03 bits per heavy atom. The number of primary amides is 1. The number of nitrogens with one attached hydrogen (secondary N) is 3. The smallest absolute Gasteiger partial charge is 0.326 e. The van der Waals surface area contributed by atoms with Crippen LogP contribution in [0.15, 0.2) is 30.3 Å². The summed E-state index contributed by atoms with van der Waals surface area (Å²) in [6.07, 6.45) is 1.63. The maximum Gasteiger partial charge on any atom is 0.326 e. The highest BCUT2D eigenvalue weighted by atomic mass is 32.2. The first-order chi connectivity index (χ1) is 16.6. The van der Waals surface area contributed by atoms with E-state index in [1.54, 1.807) is 30.3 Å². The molecule has 1 aromatic carbocycles. The van der Waals surface area contributed by atoms with Crippen molar-refractivity contribution in [2.24, 2.45) is 11.5 Å². The molecule has 13 heteroatoms. The number of aliphatic hydroxyl groups excluding tert-OH is 1. The largest absolute Gasteiger partial charge is 0.480 e. The summed E-state index contributed by atoms with van der Waals surface area (Å²) in [4.78, 5) is 60.8. The van der Waals surface area contributed by atoms with Crippen LogP contribution in [-0.4, -0.2) is 82.6 Å². The van der Waals surface area contributed by atoms with Crippen molar-refractivity contribution < 1.29 is 34.2 Å². The van der Waals surface area contributed by atoms with Gasteiger partial charge in [-0.05, 0) is 30.4 Å². The number of carbonyl (C=O) groups excluding carboxylic acids is 4. The molecule has 35 heavy (non-hydrogen) atoms. The third kappa shape index (κ3) is 11.2. The minimum atomic E-state index is -1.39. The van der Waals surface area contributed by atoms with Crippen LogP contribution >= 0.6 is 11.8 Å². The summed E-state index contributed by atoms with van der Waals surface area (Å²) in [7, 11) is 0. The van der Waals surface area contributed by atoms with Crippen molar-refractivity contribution in [2.75, 3.05) is 18.6 Å². The maximum atomic E-state index is 13.0. The van der Waals surface area contributed by atoms with Crippen LogP contribution in [0.25, 0.3) is 0 Å². The highest BCUT2D eigenvalue weighted by molar-refractivity contribution is 7.98. The topological polar surface area (TPSA) is 214 Å². The lowest BCUT2D eigenvalue weighted by molar-refractivity contribution is -0.142. The molecule has 0 aliphatic rings. The summed E-state index contributed by atoms with van der Waals surface area (Å²) < 4.78 is 0. The Bertz CT molecular complexity index is 871. The molecule has 4 amide bonds. The van der Waals surface area contributed by atoms with Gasteiger partial charge in [0.2, 0.25) is 23.6 Å². The first-order valence-corrected chi connectivity index (χ1v) is 12.3. The summed E-state index contributed by atoms with van der Waals surface area (Å²) in [5, 5.41) is 25.9. The molecule has 4 atom stereocenters. The summed E-state index contributed by atoms with van der Waals surface area (Å²) in [5.41, 5.74) is 11.3. The van der Waals surface area contributed by atoms with E-state index in [0.29, 0.717) is 11.3 Å². The van der Waals surface area contributed by atoms with Gasteiger partial charge in [0.25, 0.3) is 0 Å².